The number of amides is 2. The van der Waals surface area contributed by atoms with Gasteiger partial charge < -0.3 is 20.9 Å². The first-order valence-corrected chi connectivity index (χ1v) is 10.8. The molecule has 1 fully saturated rings. The lowest BCUT2D eigenvalue weighted by Gasteiger charge is -2.34. The number of pyridine rings is 1. The molecule has 3 aromatic rings. The summed E-state index contributed by atoms with van der Waals surface area (Å²) in [4.78, 5) is 32.4. The van der Waals surface area contributed by atoms with E-state index in [0.29, 0.717) is 22.6 Å². The fourth-order valence-electron chi connectivity index (χ4n) is 4.20. The maximum atomic E-state index is 14.9. The summed E-state index contributed by atoms with van der Waals surface area (Å²) in [6.07, 6.45) is -0.0304. The van der Waals surface area contributed by atoms with E-state index in [-0.39, 0.29) is 35.2 Å². The molecule has 1 aromatic carbocycles. The van der Waals surface area contributed by atoms with Gasteiger partial charge in [0, 0.05) is 43.0 Å². The minimum atomic E-state index is -2.78. The highest BCUT2D eigenvalue weighted by molar-refractivity contribution is 6.02. The van der Waals surface area contributed by atoms with Crippen LogP contribution in [0.25, 0.3) is 11.3 Å². The van der Waals surface area contributed by atoms with Crippen LogP contribution in [0.5, 0.6) is 0 Å². The summed E-state index contributed by atoms with van der Waals surface area (Å²) >= 11 is 0. The summed E-state index contributed by atoms with van der Waals surface area (Å²) in [5.41, 5.74) is 2.33. The van der Waals surface area contributed by atoms with Gasteiger partial charge in [-0.25, -0.2) is 13.8 Å². The maximum Gasteiger partial charge on any atom is 0.254 e. The number of alkyl halides is 1. The first-order valence-electron chi connectivity index (χ1n) is 12.3. The number of anilines is 4. The highest BCUT2D eigenvalue weighted by atomic mass is 19.1. The maximum absolute atomic E-state index is 14.9. The van der Waals surface area contributed by atoms with E-state index in [2.05, 4.69) is 25.8 Å². The molecule has 12 heteroatoms. The van der Waals surface area contributed by atoms with Crippen molar-refractivity contribution >= 4 is 34.7 Å². The molecule has 1 saturated carbocycles. The van der Waals surface area contributed by atoms with Gasteiger partial charge in [-0.05, 0) is 25.5 Å². The van der Waals surface area contributed by atoms with Crippen LogP contribution in [0.2, 0.25) is 0 Å². The third-order valence-corrected chi connectivity index (χ3v) is 6.23. The summed E-state index contributed by atoms with van der Waals surface area (Å²) in [7, 11) is 3.46. The zero-order chi connectivity index (χ0) is 27.5. The van der Waals surface area contributed by atoms with Gasteiger partial charge >= 0.3 is 0 Å². The van der Waals surface area contributed by atoms with E-state index in [9.17, 15) is 18.4 Å². The van der Waals surface area contributed by atoms with Crippen LogP contribution in [0.4, 0.5) is 31.7 Å². The minimum Gasteiger partial charge on any atom is -0.364 e. The normalized spacial score (nSPS) is 21.7. The van der Waals surface area contributed by atoms with Crippen molar-refractivity contribution in [1.82, 2.24) is 25.3 Å². The van der Waals surface area contributed by atoms with E-state index in [1.54, 1.807) is 14.1 Å². The largest absolute Gasteiger partial charge is 0.364 e. The van der Waals surface area contributed by atoms with Gasteiger partial charge in [0.2, 0.25) is 5.91 Å². The minimum absolute atomic E-state index is 0.00485. The van der Waals surface area contributed by atoms with E-state index in [1.807, 2.05) is 17.1 Å². The molecule has 3 atom stereocenters. The van der Waals surface area contributed by atoms with Crippen LogP contribution < -0.4 is 20.9 Å². The zero-order valence-electron chi connectivity index (χ0n) is 22.1. The molecule has 0 radical (unpaired) electrons. The monoisotopic (exact) mass is 485 g/mol. The van der Waals surface area contributed by atoms with Gasteiger partial charge in [0.25, 0.3) is 5.91 Å². The van der Waals surface area contributed by atoms with Crippen LogP contribution in [0, 0.1) is 11.7 Å². The number of aryl methyl sites for hydroxylation is 1. The number of carbonyl (C=O) groups excluding carboxylic acids is 2. The van der Waals surface area contributed by atoms with Crippen molar-refractivity contribution in [2.75, 3.05) is 29.6 Å². The Morgan fingerprint density at radius 1 is 1.20 bits per heavy atom. The average Bonchev–Trinajstić information content (AvgIpc) is 3.41. The number of hydrogen-bond acceptors (Lipinski definition) is 7. The Bertz CT molecular complexity index is 1460. The molecular formula is C23H24F2N8O2. The van der Waals surface area contributed by atoms with Crippen LogP contribution in [0.1, 0.15) is 39.6 Å². The van der Waals surface area contributed by atoms with Gasteiger partial charge in [-0.3, -0.25) is 9.59 Å². The van der Waals surface area contributed by atoms with Crippen LogP contribution in [0.15, 0.2) is 24.4 Å². The van der Waals surface area contributed by atoms with Crippen molar-refractivity contribution in [3.8, 4) is 11.3 Å². The fraction of sp³-hybridized carbons (Fsp3) is 0.348. The molecule has 35 heavy (non-hydrogen) atoms. The van der Waals surface area contributed by atoms with Gasteiger partial charge in [-0.2, -0.15) is 15.0 Å². The molecule has 0 bridgehead atoms. The molecule has 0 unspecified atom stereocenters. The smallest absolute Gasteiger partial charge is 0.254 e. The number of nitrogens with zero attached hydrogens (tertiary/aromatic N) is 5. The molecule has 182 valence electrons. The van der Waals surface area contributed by atoms with Crippen molar-refractivity contribution in [1.29, 1.82) is 0 Å². The van der Waals surface area contributed by atoms with Crippen LogP contribution in [-0.2, 0) is 11.8 Å². The third kappa shape index (κ3) is 3.94. The fourth-order valence-corrected chi connectivity index (χ4v) is 4.20. The summed E-state index contributed by atoms with van der Waals surface area (Å²) in [6.45, 7) is -0.867. The quantitative estimate of drug-likeness (QED) is 0.509. The Balaban J connectivity index is 1.58. The van der Waals surface area contributed by atoms with E-state index < -0.39 is 36.7 Å². The van der Waals surface area contributed by atoms with E-state index in [1.165, 1.54) is 23.0 Å². The van der Waals surface area contributed by atoms with Crippen molar-refractivity contribution < 1.29 is 22.5 Å². The lowest BCUT2D eigenvalue weighted by molar-refractivity contribution is -0.117. The highest BCUT2D eigenvalue weighted by Gasteiger charge is 2.43. The van der Waals surface area contributed by atoms with Crippen LogP contribution >= 0.6 is 0 Å². The molecule has 2 aromatic heterocycles. The molecule has 0 saturated heterocycles. The SMILES string of the molecule is [2H]C([2H])([2H])NC(=O)c1cnc(NC(=O)[C@H]2C[C@@H]2F)cc1Nc1cc(F)cc2c1N(C)[C@H](C)c1nn(C)nc1-2. The highest BCUT2D eigenvalue weighted by Crippen LogP contribution is 2.47. The zero-order valence-corrected chi connectivity index (χ0v) is 19.1. The Morgan fingerprint density at radius 2 is 1.97 bits per heavy atom. The first kappa shape index (κ1) is 19.2. The molecule has 3 heterocycles. The number of aromatic nitrogens is 4. The standard InChI is InChI=1S/C23H24F2N8O2/c1-10-19-20(31-33(4)30-19)13-5-11(24)6-17(21(13)32(10)3)28-16-8-18(27-9-14(16)22(34)26-2)29-23(35)12-7-15(12)25/h5-6,8-10,12,15H,7H2,1-4H3,(H,26,34)(H2,27,28,29,35)/t10-,12+,15+/m1/s1/i2D3. The number of nitrogens with one attached hydrogen (secondary N) is 3. The van der Waals surface area contributed by atoms with E-state index >= 15 is 0 Å². The lowest BCUT2D eigenvalue weighted by atomic mass is 9.96. The number of fused-ring (bicyclic) bond motifs is 3. The van der Waals surface area contributed by atoms with Crippen molar-refractivity contribution in [2.24, 2.45) is 13.0 Å². The van der Waals surface area contributed by atoms with E-state index in [4.69, 9.17) is 4.11 Å². The Hall–Kier alpha value is -4.09. The topological polar surface area (TPSA) is 117 Å². The third-order valence-electron chi connectivity index (χ3n) is 6.23. The predicted octanol–water partition coefficient (Wildman–Crippen LogP) is 2.93. The number of halogens is 2. The van der Waals surface area contributed by atoms with Crippen molar-refractivity contribution in [2.45, 2.75) is 25.6 Å². The number of carbonyl (C=O) groups is 2. The van der Waals surface area contributed by atoms with Crippen LogP contribution in [0.3, 0.4) is 0 Å². The second kappa shape index (κ2) is 8.29. The van der Waals surface area contributed by atoms with Crippen molar-refractivity contribution in [3.63, 3.8) is 0 Å². The Kier molecular flexibility index (Phi) is 4.56. The second-order valence-electron chi connectivity index (χ2n) is 8.60. The first-order chi connectivity index (χ1) is 17.8. The summed E-state index contributed by atoms with van der Waals surface area (Å²) < 4.78 is 50.4. The molecule has 1 aliphatic heterocycles. The molecule has 10 nitrogen and oxygen atoms in total. The molecule has 2 aliphatic rings. The molecule has 0 spiro atoms. The van der Waals surface area contributed by atoms with Gasteiger partial charge in [-0.1, -0.05) is 0 Å². The van der Waals surface area contributed by atoms with Gasteiger partial charge in [0.05, 0.1) is 34.6 Å². The molecule has 5 rings (SSSR count). The Morgan fingerprint density at radius 3 is 2.69 bits per heavy atom. The number of benzene rings is 1. The molecule has 1 aliphatic carbocycles. The van der Waals surface area contributed by atoms with Crippen molar-refractivity contribution in [3.05, 3.63) is 41.5 Å². The molecule has 3 N–H and O–H groups in total. The lowest BCUT2D eigenvalue weighted by Crippen LogP contribution is -2.27. The number of hydrogen-bond donors (Lipinski definition) is 3. The number of rotatable bonds is 5. The van der Waals surface area contributed by atoms with Gasteiger partial charge in [-0.15, -0.1) is 0 Å². The average molecular weight is 486 g/mol. The van der Waals surface area contributed by atoms with Crippen LogP contribution in [-0.4, -0.2) is 52.0 Å². The summed E-state index contributed by atoms with van der Waals surface area (Å²) in [6, 6.07) is 3.64. The second-order valence-corrected chi connectivity index (χ2v) is 8.60. The summed E-state index contributed by atoms with van der Waals surface area (Å²) in [5, 5.41) is 16.2. The predicted molar refractivity (Wildman–Crippen MR) is 126 cm³/mol. The van der Waals surface area contributed by atoms with Gasteiger partial charge in [0.1, 0.15) is 29.2 Å². The Labute approximate surface area is 203 Å². The summed E-state index contributed by atoms with van der Waals surface area (Å²) in [5.74, 6) is -2.90. The van der Waals surface area contributed by atoms with E-state index in [0.717, 1.165) is 6.20 Å². The van der Waals surface area contributed by atoms with Gasteiger partial charge in [0.15, 0.2) is 0 Å². The molecular weight excluding hydrogens is 458 g/mol. The molecule has 2 amide bonds.